The van der Waals surface area contributed by atoms with Gasteiger partial charge < -0.3 is 40.1 Å². The molecule has 0 spiro atoms. The molecule has 4 N–H and O–H groups in total. The highest BCUT2D eigenvalue weighted by atomic mass is 16.5. The van der Waals surface area contributed by atoms with Gasteiger partial charge in [0.05, 0.1) is 24.8 Å². The number of carbonyl (C=O) groups excluding carboxylic acids is 3. The molecule has 3 atom stereocenters. The van der Waals surface area contributed by atoms with E-state index >= 15 is 0 Å². The van der Waals surface area contributed by atoms with Gasteiger partial charge in [-0.25, -0.2) is 9.59 Å². The third kappa shape index (κ3) is 7.29. The van der Waals surface area contributed by atoms with Crippen molar-refractivity contribution in [3.63, 3.8) is 0 Å². The second-order valence-electron chi connectivity index (χ2n) is 11.3. The molecular formula is C29H42N6O6. The molecule has 12 nitrogen and oxygen atoms in total. The van der Waals surface area contributed by atoms with Crippen LogP contribution in [0.3, 0.4) is 0 Å². The van der Waals surface area contributed by atoms with Gasteiger partial charge in [0.1, 0.15) is 23.2 Å². The summed E-state index contributed by atoms with van der Waals surface area (Å²) in [6, 6.07) is 4.02. The van der Waals surface area contributed by atoms with Crippen LogP contribution in [-0.2, 0) is 0 Å². The van der Waals surface area contributed by atoms with Gasteiger partial charge in [-0.1, -0.05) is 31.3 Å². The Bertz CT molecular complexity index is 1220. The molecular weight excluding hydrogens is 528 g/mol. The molecule has 2 aliphatic rings. The van der Waals surface area contributed by atoms with Crippen molar-refractivity contribution in [2.75, 3.05) is 37.4 Å². The highest BCUT2D eigenvalue weighted by Gasteiger charge is 2.34. The third-order valence-electron chi connectivity index (χ3n) is 7.93. The number of urea groups is 2. The van der Waals surface area contributed by atoms with Crippen LogP contribution in [0.2, 0.25) is 0 Å². The molecule has 1 aromatic heterocycles. The Morgan fingerprint density at radius 3 is 2.59 bits per heavy atom. The Kier molecular flexibility index (Phi) is 9.74. The van der Waals surface area contributed by atoms with Crippen molar-refractivity contribution in [3.8, 4) is 5.75 Å². The number of aromatic nitrogens is 1. The molecule has 224 valence electrons. The molecule has 2 aromatic rings. The van der Waals surface area contributed by atoms with Crippen molar-refractivity contribution in [1.82, 2.24) is 20.3 Å². The first-order chi connectivity index (χ1) is 19.6. The number of carbonyl (C=O) groups is 3. The first-order valence-corrected chi connectivity index (χ1v) is 14.3. The van der Waals surface area contributed by atoms with Crippen LogP contribution in [0.15, 0.2) is 22.7 Å². The van der Waals surface area contributed by atoms with E-state index in [1.807, 2.05) is 6.92 Å². The summed E-state index contributed by atoms with van der Waals surface area (Å²) in [5, 5.41) is 22.5. The first-order valence-electron chi connectivity index (χ1n) is 14.3. The summed E-state index contributed by atoms with van der Waals surface area (Å²) in [4.78, 5) is 42.5. The number of nitrogens with one attached hydrogen (secondary N) is 3. The number of anilines is 2. The lowest BCUT2D eigenvalue weighted by Gasteiger charge is -2.38. The number of aliphatic hydroxyl groups excluding tert-OH is 1. The number of hydrogen-bond donors (Lipinski definition) is 4. The molecule has 41 heavy (non-hydrogen) atoms. The van der Waals surface area contributed by atoms with Gasteiger partial charge in [-0.3, -0.25) is 4.79 Å². The Balaban J connectivity index is 1.53. The number of rotatable bonds is 7. The smallest absolute Gasteiger partial charge is 0.321 e. The molecule has 2 heterocycles. The van der Waals surface area contributed by atoms with Crippen molar-refractivity contribution in [2.45, 2.75) is 78.0 Å². The highest BCUT2D eigenvalue weighted by molar-refractivity contribution is 5.99. The molecule has 1 aliphatic carbocycles. The van der Waals surface area contributed by atoms with Crippen molar-refractivity contribution in [2.24, 2.45) is 5.92 Å². The van der Waals surface area contributed by atoms with Crippen LogP contribution in [0.5, 0.6) is 5.75 Å². The van der Waals surface area contributed by atoms with E-state index in [1.54, 1.807) is 50.9 Å². The minimum Gasteiger partial charge on any atom is -0.487 e. The van der Waals surface area contributed by atoms with E-state index in [0.29, 0.717) is 35.1 Å². The van der Waals surface area contributed by atoms with E-state index in [4.69, 9.17) is 9.26 Å². The molecule has 1 aromatic carbocycles. The summed E-state index contributed by atoms with van der Waals surface area (Å²) in [6.45, 7) is 7.54. The number of likely N-dealkylation sites (N-methyl/N-ethyl adjacent to an activating group) is 1. The average molecular weight is 571 g/mol. The summed E-state index contributed by atoms with van der Waals surface area (Å²) < 4.78 is 11.5. The minimum absolute atomic E-state index is 0.146. The third-order valence-corrected chi connectivity index (χ3v) is 7.93. The van der Waals surface area contributed by atoms with Crippen molar-refractivity contribution in [1.29, 1.82) is 0 Å². The maximum atomic E-state index is 13.7. The molecule has 4 rings (SSSR count). The van der Waals surface area contributed by atoms with E-state index < -0.39 is 12.1 Å². The Morgan fingerprint density at radius 1 is 1.20 bits per heavy atom. The zero-order valence-corrected chi connectivity index (χ0v) is 24.5. The summed E-state index contributed by atoms with van der Waals surface area (Å²) >= 11 is 0. The van der Waals surface area contributed by atoms with E-state index in [0.717, 1.165) is 25.7 Å². The normalized spacial score (nSPS) is 20.2. The topological polar surface area (TPSA) is 149 Å². The molecule has 0 saturated heterocycles. The van der Waals surface area contributed by atoms with Gasteiger partial charge in [0.15, 0.2) is 5.76 Å². The van der Waals surface area contributed by atoms with Gasteiger partial charge in [0.2, 0.25) is 0 Å². The number of benzene rings is 1. The van der Waals surface area contributed by atoms with Crippen molar-refractivity contribution >= 4 is 29.3 Å². The summed E-state index contributed by atoms with van der Waals surface area (Å²) in [6.07, 6.45) is 4.85. The van der Waals surface area contributed by atoms with Crippen LogP contribution in [0.1, 0.15) is 67.8 Å². The van der Waals surface area contributed by atoms with Crippen LogP contribution in [0, 0.1) is 19.8 Å². The Morgan fingerprint density at radius 2 is 1.93 bits per heavy atom. The maximum Gasteiger partial charge on any atom is 0.321 e. The van der Waals surface area contributed by atoms with Crippen LogP contribution in [0.25, 0.3) is 0 Å². The average Bonchev–Trinajstić information content (AvgIpc) is 3.27. The second-order valence-corrected chi connectivity index (χ2v) is 11.3. The molecule has 0 unspecified atom stereocenters. The van der Waals surface area contributed by atoms with Crippen LogP contribution in [0.4, 0.5) is 21.0 Å². The molecule has 1 saturated carbocycles. The van der Waals surface area contributed by atoms with E-state index in [1.165, 1.54) is 11.3 Å². The predicted octanol–water partition coefficient (Wildman–Crippen LogP) is 4.13. The monoisotopic (exact) mass is 570 g/mol. The minimum atomic E-state index is -0.468. The zero-order chi connectivity index (χ0) is 29.7. The molecule has 5 amide bonds. The van der Waals surface area contributed by atoms with Crippen molar-refractivity contribution < 1.29 is 28.8 Å². The molecule has 1 fully saturated rings. The largest absolute Gasteiger partial charge is 0.487 e. The summed E-state index contributed by atoms with van der Waals surface area (Å²) in [7, 11) is 1.67. The highest BCUT2D eigenvalue weighted by Crippen LogP contribution is 2.31. The van der Waals surface area contributed by atoms with E-state index in [9.17, 15) is 19.5 Å². The second kappa shape index (κ2) is 13.2. The number of ether oxygens (including phenoxy) is 1. The Labute approximate surface area is 240 Å². The molecule has 1 aliphatic heterocycles. The fraction of sp³-hybridized carbons (Fsp3) is 0.586. The molecule has 12 heteroatoms. The zero-order valence-electron chi connectivity index (χ0n) is 24.5. The SMILES string of the molecule is Cc1noc(C)c1NC(=O)N(C)C[C@@H]1Oc2ccc(NC(=O)NC3CCCCC3)cc2C(=O)N([C@H](C)CO)C[C@H]1C. The number of aryl methyl sites for hydroxylation is 2. The van der Waals surface area contributed by atoms with Gasteiger partial charge in [0, 0.05) is 31.2 Å². The van der Waals surface area contributed by atoms with Crippen molar-refractivity contribution in [3.05, 3.63) is 35.2 Å². The number of nitrogens with zero attached hydrogens (tertiary/aromatic N) is 3. The fourth-order valence-corrected chi connectivity index (χ4v) is 5.33. The first kappa shape index (κ1) is 30.2. The van der Waals surface area contributed by atoms with Crippen LogP contribution < -0.4 is 20.7 Å². The van der Waals surface area contributed by atoms with Gasteiger partial charge >= 0.3 is 12.1 Å². The van der Waals surface area contributed by atoms with Gasteiger partial charge in [-0.2, -0.15) is 0 Å². The van der Waals surface area contributed by atoms with E-state index in [-0.39, 0.29) is 48.6 Å². The number of fused-ring (bicyclic) bond motifs is 1. The van der Waals surface area contributed by atoms with Gasteiger partial charge in [-0.05, 0) is 51.8 Å². The lowest BCUT2D eigenvalue weighted by molar-refractivity contribution is 0.0371. The molecule has 0 bridgehead atoms. The maximum absolute atomic E-state index is 13.7. The number of amides is 5. The number of hydrogen-bond acceptors (Lipinski definition) is 7. The lowest BCUT2D eigenvalue weighted by atomic mass is 9.96. The van der Waals surface area contributed by atoms with Crippen LogP contribution in [-0.4, -0.2) is 83.0 Å². The quantitative estimate of drug-likeness (QED) is 0.391. The number of aliphatic hydroxyl groups is 1. The fourth-order valence-electron chi connectivity index (χ4n) is 5.33. The van der Waals surface area contributed by atoms with Gasteiger partial charge in [-0.15, -0.1) is 0 Å². The molecule has 0 radical (unpaired) electrons. The standard InChI is InChI=1S/C29H42N6O6/c1-17-14-35(18(2)16-36)27(37)23-13-22(31-28(38)30-21-9-7-6-8-10-21)11-12-24(23)40-25(17)15-34(5)29(39)32-26-19(3)33-41-20(26)4/h11-13,17-18,21,25,36H,6-10,14-16H2,1-5H3,(H,32,39)(H2,30,31,38)/t17-,18-,25+/m1/s1. The summed E-state index contributed by atoms with van der Waals surface area (Å²) in [5.41, 5.74) is 1.85. The lowest BCUT2D eigenvalue weighted by Crippen LogP contribution is -2.50. The van der Waals surface area contributed by atoms with Gasteiger partial charge in [0.25, 0.3) is 5.91 Å². The Hall–Kier alpha value is -3.80. The predicted molar refractivity (Wildman–Crippen MR) is 154 cm³/mol. The summed E-state index contributed by atoms with van der Waals surface area (Å²) in [5.74, 6) is 0.388. The van der Waals surface area contributed by atoms with E-state index in [2.05, 4.69) is 21.1 Å². The van der Waals surface area contributed by atoms with Crippen LogP contribution >= 0.6 is 0 Å².